The maximum absolute atomic E-state index is 13.2. The molecule has 37 heavy (non-hydrogen) atoms. The number of esters is 1. The molecular weight excluding hydrogens is 506 g/mol. The Hall–Kier alpha value is -3.88. The molecule has 6 nitrogen and oxygen atoms in total. The van der Waals surface area contributed by atoms with Crippen LogP contribution in [0.25, 0.3) is 12.2 Å². The van der Waals surface area contributed by atoms with Crippen LogP contribution in [0.3, 0.4) is 0 Å². The number of rotatable bonds is 8. The Labute approximate surface area is 225 Å². The number of hydrogen-bond acceptors (Lipinski definition) is 7. The zero-order chi connectivity index (χ0) is 26.4. The summed E-state index contributed by atoms with van der Waals surface area (Å²) in [5.74, 6) is 0.682. The Morgan fingerprint density at radius 2 is 1.65 bits per heavy atom. The quantitative estimate of drug-likeness (QED) is 0.147. The van der Waals surface area contributed by atoms with Gasteiger partial charge < -0.3 is 14.2 Å². The van der Waals surface area contributed by atoms with Gasteiger partial charge in [-0.1, -0.05) is 72.5 Å². The number of hydrogen-bond donors (Lipinski definition) is 0. The molecule has 1 aliphatic rings. The van der Waals surface area contributed by atoms with Crippen LogP contribution in [0.1, 0.15) is 29.7 Å². The molecule has 0 N–H and O–H groups in total. The van der Waals surface area contributed by atoms with Crippen molar-refractivity contribution in [3.05, 3.63) is 100 Å². The van der Waals surface area contributed by atoms with Gasteiger partial charge in [-0.2, -0.15) is 0 Å². The van der Waals surface area contributed by atoms with Gasteiger partial charge in [0.15, 0.2) is 11.5 Å². The van der Waals surface area contributed by atoms with E-state index in [-0.39, 0.29) is 17.7 Å². The van der Waals surface area contributed by atoms with Gasteiger partial charge in [0.2, 0.25) is 0 Å². The van der Waals surface area contributed by atoms with Crippen molar-refractivity contribution in [3.63, 3.8) is 0 Å². The number of nitrogens with zero attached hydrogens (tertiary/aromatic N) is 1. The van der Waals surface area contributed by atoms with Crippen LogP contribution >= 0.6 is 24.0 Å². The second-order valence-electron chi connectivity index (χ2n) is 8.08. The van der Waals surface area contributed by atoms with Gasteiger partial charge in [-0.15, -0.1) is 0 Å². The van der Waals surface area contributed by atoms with Crippen LogP contribution in [0.2, 0.25) is 0 Å². The SMILES string of the molecule is COc1ccc(/C=C/C(=O)Oc2ccc(/C=C3\SC(=S)N([C@H](C)c4ccccc4)C3=O)cc2OC)cc1. The number of methoxy groups -OCH3 is 2. The molecule has 1 fully saturated rings. The first-order chi connectivity index (χ1) is 17.9. The van der Waals surface area contributed by atoms with Gasteiger partial charge in [0.05, 0.1) is 25.2 Å². The molecule has 0 aliphatic carbocycles. The molecule has 0 aromatic heterocycles. The third kappa shape index (κ3) is 6.28. The molecule has 1 saturated heterocycles. The maximum Gasteiger partial charge on any atom is 0.336 e. The summed E-state index contributed by atoms with van der Waals surface area (Å²) in [6.45, 7) is 1.96. The van der Waals surface area contributed by atoms with E-state index in [1.54, 1.807) is 42.4 Å². The van der Waals surface area contributed by atoms with E-state index in [9.17, 15) is 9.59 Å². The molecule has 8 heteroatoms. The minimum atomic E-state index is -0.544. The monoisotopic (exact) mass is 531 g/mol. The van der Waals surface area contributed by atoms with E-state index >= 15 is 0 Å². The Kier molecular flexibility index (Phi) is 8.43. The van der Waals surface area contributed by atoms with E-state index in [1.807, 2.05) is 61.5 Å². The van der Waals surface area contributed by atoms with E-state index in [2.05, 4.69) is 0 Å². The summed E-state index contributed by atoms with van der Waals surface area (Å²) < 4.78 is 16.5. The number of thioether (sulfide) groups is 1. The first-order valence-electron chi connectivity index (χ1n) is 11.4. The minimum absolute atomic E-state index is 0.149. The van der Waals surface area contributed by atoms with Crippen LogP contribution in [-0.4, -0.2) is 35.3 Å². The Morgan fingerprint density at radius 3 is 2.32 bits per heavy atom. The summed E-state index contributed by atoms with van der Waals surface area (Å²) in [5.41, 5.74) is 2.56. The summed E-state index contributed by atoms with van der Waals surface area (Å²) >= 11 is 6.77. The molecule has 1 aliphatic heterocycles. The lowest BCUT2D eigenvalue weighted by molar-refractivity contribution is -0.129. The van der Waals surface area contributed by atoms with Gasteiger partial charge in [0.25, 0.3) is 5.91 Å². The third-order valence-electron chi connectivity index (χ3n) is 5.72. The molecule has 3 aromatic rings. The fourth-order valence-electron chi connectivity index (χ4n) is 3.73. The number of benzene rings is 3. The summed E-state index contributed by atoms with van der Waals surface area (Å²) in [5, 5.41) is 0. The van der Waals surface area contributed by atoms with E-state index in [1.165, 1.54) is 24.9 Å². The molecule has 188 valence electrons. The Bertz CT molecular complexity index is 1370. The average molecular weight is 532 g/mol. The zero-order valence-electron chi connectivity index (χ0n) is 20.5. The highest BCUT2D eigenvalue weighted by Gasteiger charge is 2.35. The Morgan fingerprint density at radius 1 is 0.946 bits per heavy atom. The largest absolute Gasteiger partial charge is 0.497 e. The first-order valence-corrected chi connectivity index (χ1v) is 12.7. The second-order valence-corrected chi connectivity index (χ2v) is 9.75. The number of amides is 1. The average Bonchev–Trinajstić information content (AvgIpc) is 3.20. The lowest BCUT2D eigenvalue weighted by Gasteiger charge is -2.23. The molecule has 0 unspecified atom stereocenters. The molecule has 0 bridgehead atoms. The fraction of sp³-hybridized carbons (Fsp3) is 0.138. The summed E-state index contributed by atoms with van der Waals surface area (Å²) in [4.78, 5) is 27.7. The molecule has 4 rings (SSSR count). The summed E-state index contributed by atoms with van der Waals surface area (Å²) in [6, 6.07) is 22.0. The number of carbonyl (C=O) groups excluding carboxylic acids is 2. The molecular formula is C29H25NO5S2. The van der Waals surface area contributed by atoms with Gasteiger partial charge in [-0.25, -0.2) is 4.79 Å². The number of ether oxygens (including phenoxy) is 3. The van der Waals surface area contributed by atoms with E-state index in [4.69, 9.17) is 26.4 Å². The van der Waals surface area contributed by atoms with Crippen molar-refractivity contribution in [1.29, 1.82) is 0 Å². The zero-order valence-corrected chi connectivity index (χ0v) is 22.2. The number of thiocarbonyl (C=S) groups is 1. The van der Waals surface area contributed by atoms with Crippen molar-refractivity contribution >= 4 is 52.3 Å². The van der Waals surface area contributed by atoms with Crippen LogP contribution in [-0.2, 0) is 9.59 Å². The smallest absolute Gasteiger partial charge is 0.336 e. The molecule has 0 spiro atoms. The first kappa shape index (κ1) is 26.2. The van der Waals surface area contributed by atoms with E-state index in [0.717, 1.165) is 22.4 Å². The maximum atomic E-state index is 13.2. The predicted molar refractivity (Wildman–Crippen MR) is 151 cm³/mol. The van der Waals surface area contributed by atoms with Crippen molar-refractivity contribution in [3.8, 4) is 17.2 Å². The lowest BCUT2D eigenvalue weighted by Crippen LogP contribution is -2.30. The van der Waals surface area contributed by atoms with Crippen molar-refractivity contribution in [2.75, 3.05) is 14.2 Å². The van der Waals surface area contributed by atoms with Crippen molar-refractivity contribution in [1.82, 2.24) is 4.90 Å². The van der Waals surface area contributed by atoms with Crippen molar-refractivity contribution < 1.29 is 23.8 Å². The number of carbonyl (C=O) groups is 2. The molecule has 1 amide bonds. The lowest BCUT2D eigenvalue weighted by atomic mass is 10.1. The van der Waals surface area contributed by atoms with Gasteiger partial charge in [0.1, 0.15) is 10.1 Å². The van der Waals surface area contributed by atoms with Gasteiger partial charge in [-0.05, 0) is 60.0 Å². The molecule has 3 aromatic carbocycles. The van der Waals surface area contributed by atoms with Crippen molar-refractivity contribution in [2.45, 2.75) is 13.0 Å². The molecule has 0 saturated carbocycles. The van der Waals surface area contributed by atoms with Crippen LogP contribution in [0.15, 0.2) is 83.8 Å². The molecule has 1 atom stereocenters. The Balaban J connectivity index is 1.47. The highest BCUT2D eigenvalue weighted by Crippen LogP contribution is 2.39. The van der Waals surface area contributed by atoms with Crippen LogP contribution in [0, 0.1) is 0 Å². The van der Waals surface area contributed by atoms with Crippen LogP contribution in [0.5, 0.6) is 17.2 Å². The minimum Gasteiger partial charge on any atom is -0.497 e. The fourth-order valence-corrected chi connectivity index (χ4v) is 5.14. The highest BCUT2D eigenvalue weighted by atomic mass is 32.2. The topological polar surface area (TPSA) is 65.1 Å². The normalized spacial score (nSPS) is 15.3. The van der Waals surface area contributed by atoms with Crippen LogP contribution in [0.4, 0.5) is 0 Å². The van der Waals surface area contributed by atoms with Crippen LogP contribution < -0.4 is 14.2 Å². The summed E-state index contributed by atoms with van der Waals surface area (Å²) in [7, 11) is 3.09. The second kappa shape index (κ2) is 11.9. The molecule has 1 heterocycles. The molecule has 0 radical (unpaired) electrons. The van der Waals surface area contributed by atoms with E-state index < -0.39 is 5.97 Å². The van der Waals surface area contributed by atoms with Gasteiger partial charge >= 0.3 is 5.97 Å². The van der Waals surface area contributed by atoms with Crippen molar-refractivity contribution in [2.24, 2.45) is 0 Å². The standard InChI is InChI=1S/C29H25NO5S2/c1-19(22-7-5-4-6-8-22)30-28(32)26(37-29(30)36)18-21-11-15-24(25(17-21)34-3)35-27(31)16-12-20-9-13-23(33-2)14-10-20/h4-19H,1-3H3/b16-12+,26-18-/t19-/m1/s1. The van der Waals surface area contributed by atoms with E-state index in [0.29, 0.717) is 15.0 Å². The summed E-state index contributed by atoms with van der Waals surface area (Å²) in [6.07, 6.45) is 4.75. The highest BCUT2D eigenvalue weighted by molar-refractivity contribution is 8.26. The third-order valence-corrected chi connectivity index (χ3v) is 7.05. The predicted octanol–water partition coefficient (Wildman–Crippen LogP) is 6.29. The van der Waals surface area contributed by atoms with Gasteiger partial charge in [0, 0.05) is 6.08 Å². The van der Waals surface area contributed by atoms with Gasteiger partial charge in [-0.3, -0.25) is 9.69 Å².